The van der Waals surface area contributed by atoms with Gasteiger partial charge in [-0.25, -0.2) is 0 Å². The second kappa shape index (κ2) is 7.28. The van der Waals surface area contributed by atoms with E-state index < -0.39 is 0 Å². The molecule has 2 N–H and O–H groups in total. The Balaban J connectivity index is 1.56. The van der Waals surface area contributed by atoms with Crippen LogP contribution in [0.15, 0.2) is 30.3 Å². The lowest BCUT2D eigenvalue weighted by atomic mass is 9.85. The summed E-state index contributed by atoms with van der Waals surface area (Å²) in [6.45, 7) is 0.948. The van der Waals surface area contributed by atoms with Crippen molar-refractivity contribution in [3.8, 4) is 0 Å². The summed E-state index contributed by atoms with van der Waals surface area (Å²) in [4.78, 5) is 15.0. The highest BCUT2D eigenvalue weighted by atomic mass is 16.2. The van der Waals surface area contributed by atoms with E-state index in [1.807, 2.05) is 0 Å². The first-order valence-electron chi connectivity index (χ1n) is 8.84. The van der Waals surface area contributed by atoms with Crippen LogP contribution in [0.1, 0.15) is 50.5 Å². The minimum Gasteiger partial charge on any atom is -0.339 e. The van der Waals surface area contributed by atoms with Gasteiger partial charge in [-0.2, -0.15) is 0 Å². The second-order valence-electron chi connectivity index (χ2n) is 6.98. The first-order valence-corrected chi connectivity index (χ1v) is 8.84. The molecule has 0 unspecified atom stereocenters. The van der Waals surface area contributed by atoms with Crippen LogP contribution in [0.25, 0.3) is 0 Å². The van der Waals surface area contributed by atoms with E-state index in [2.05, 4.69) is 35.2 Å². The number of carbonyl (C=O) groups is 1. The Labute approximate surface area is 133 Å². The topological polar surface area (TPSA) is 46.3 Å². The first kappa shape index (κ1) is 15.5. The van der Waals surface area contributed by atoms with E-state index in [9.17, 15) is 4.79 Å². The number of carbonyl (C=O) groups excluding carboxylic acids is 1. The van der Waals surface area contributed by atoms with Crippen molar-refractivity contribution in [2.45, 2.75) is 63.5 Å². The third-order valence-corrected chi connectivity index (χ3v) is 5.33. The van der Waals surface area contributed by atoms with Crippen LogP contribution in [-0.2, 0) is 11.2 Å². The highest BCUT2D eigenvalue weighted by molar-refractivity contribution is 5.79. The van der Waals surface area contributed by atoms with Crippen molar-refractivity contribution in [1.82, 2.24) is 4.90 Å². The molecular weight excluding hydrogens is 272 g/mol. The molecule has 1 aliphatic carbocycles. The molecule has 3 nitrogen and oxygen atoms in total. The quantitative estimate of drug-likeness (QED) is 0.928. The molecule has 120 valence electrons. The van der Waals surface area contributed by atoms with E-state index in [1.54, 1.807) is 0 Å². The number of nitrogens with two attached hydrogens (primary N) is 1. The number of nitrogens with zero attached hydrogens (tertiary/aromatic N) is 1. The number of aryl methyl sites for hydroxylation is 1. The molecule has 2 fully saturated rings. The van der Waals surface area contributed by atoms with Gasteiger partial charge in [0.1, 0.15) is 0 Å². The fraction of sp³-hybridized carbons (Fsp3) is 0.632. The summed E-state index contributed by atoms with van der Waals surface area (Å²) in [6.07, 6.45) is 8.60. The first-order chi connectivity index (χ1) is 10.7. The van der Waals surface area contributed by atoms with Gasteiger partial charge >= 0.3 is 0 Å². The molecule has 3 rings (SSSR count). The number of hydrogen-bond donors (Lipinski definition) is 1. The van der Waals surface area contributed by atoms with Gasteiger partial charge in [0, 0.05) is 24.5 Å². The van der Waals surface area contributed by atoms with Crippen molar-refractivity contribution in [3.63, 3.8) is 0 Å². The Morgan fingerprint density at radius 2 is 1.95 bits per heavy atom. The predicted molar refractivity (Wildman–Crippen MR) is 89.4 cm³/mol. The van der Waals surface area contributed by atoms with E-state index in [0.29, 0.717) is 11.9 Å². The summed E-state index contributed by atoms with van der Waals surface area (Å²) >= 11 is 0. The summed E-state index contributed by atoms with van der Waals surface area (Å²) < 4.78 is 0. The summed E-state index contributed by atoms with van der Waals surface area (Å²) in [7, 11) is 0. The molecule has 1 aliphatic heterocycles. The fourth-order valence-electron chi connectivity index (χ4n) is 4.09. The third kappa shape index (κ3) is 3.70. The maximum atomic E-state index is 12.8. The van der Waals surface area contributed by atoms with Crippen molar-refractivity contribution >= 4 is 5.91 Å². The lowest BCUT2D eigenvalue weighted by Crippen LogP contribution is -2.43. The van der Waals surface area contributed by atoms with Crippen LogP contribution in [0.3, 0.4) is 0 Å². The van der Waals surface area contributed by atoms with Crippen molar-refractivity contribution in [2.75, 3.05) is 6.54 Å². The normalized spacial score (nSPS) is 28.8. The molecule has 3 atom stereocenters. The highest BCUT2D eigenvalue weighted by Gasteiger charge is 2.34. The number of amides is 1. The molecule has 0 bridgehead atoms. The maximum Gasteiger partial charge on any atom is 0.225 e. The predicted octanol–water partition coefficient (Wildman–Crippen LogP) is 3.13. The Hall–Kier alpha value is -1.35. The van der Waals surface area contributed by atoms with Gasteiger partial charge < -0.3 is 10.6 Å². The molecule has 1 saturated carbocycles. The monoisotopic (exact) mass is 300 g/mol. The molecular formula is C19H28N2O. The van der Waals surface area contributed by atoms with Crippen molar-refractivity contribution < 1.29 is 4.79 Å². The summed E-state index contributed by atoms with van der Waals surface area (Å²) in [6, 6.07) is 11.3. The largest absolute Gasteiger partial charge is 0.339 e. The standard InChI is InChI=1S/C19H28N2O/c20-17-9-4-8-16(14-17)19(22)21-13-5-10-18(21)12-11-15-6-2-1-3-7-15/h1-3,6-7,16-18H,4-5,8-14,20H2/t16-,17-,18-/m1/s1. The molecule has 1 saturated heterocycles. The third-order valence-electron chi connectivity index (χ3n) is 5.33. The number of likely N-dealkylation sites (tertiary alicyclic amines) is 1. The Kier molecular flexibility index (Phi) is 5.14. The second-order valence-corrected chi connectivity index (χ2v) is 6.98. The molecule has 0 spiro atoms. The Morgan fingerprint density at radius 3 is 2.73 bits per heavy atom. The van der Waals surface area contributed by atoms with Gasteiger partial charge in [-0.05, 0) is 50.5 Å². The van der Waals surface area contributed by atoms with E-state index in [-0.39, 0.29) is 12.0 Å². The van der Waals surface area contributed by atoms with Crippen molar-refractivity contribution in [2.24, 2.45) is 11.7 Å². The minimum atomic E-state index is 0.182. The molecule has 1 aromatic carbocycles. The van der Waals surface area contributed by atoms with Crippen molar-refractivity contribution in [1.29, 1.82) is 0 Å². The van der Waals surface area contributed by atoms with Gasteiger partial charge in [0.05, 0.1) is 0 Å². The van der Waals surface area contributed by atoms with E-state index in [0.717, 1.165) is 57.9 Å². The van der Waals surface area contributed by atoms with Crippen LogP contribution in [0.2, 0.25) is 0 Å². The van der Waals surface area contributed by atoms with Crippen LogP contribution >= 0.6 is 0 Å². The molecule has 3 heteroatoms. The number of hydrogen-bond acceptors (Lipinski definition) is 2. The van der Waals surface area contributed by atoms with E-state index in [4.69, 9.17) is 5.73 Å². The zero-order valence-corrected chi connectivity index (χ0v) is 13.4. The van der Waals surface area contributed by atoms with Crippen LogP contribution < -0.4 is 5.73 Å². The Morgan fingerprint density at radius 1 is 1.14 bits per heavy atom. The Bertz CT molecular complexity index is 487. The van der Waals surface area contributed by atoms with Gasteiger partial charge in [0.2, 0.25) is 5.91 Å². The molecule has 0 radical (unpaired) electrons. The van der Waals surface area contributed by atoms with Gasteiger partial charge in [-0.15, -0.1) is 0 Å². The molecule has 0 aromatic heterocycles. The van der Waals surface area contributed by atoms with Crippen LogP contribution in [0.5, 0.6) is 0 Å². The number of benzene rings is 1. The van der Waals surface area contributed by atoms with Crippen LogP contribution in [0, 0.1) is 5.92 Å². The lowest BCUT2D eigenvalue weighted by Gasteiger charge is -2.32. The molecule has 22 heavy (non-hydrogen) atoms. The fourth-order valence-corrected chi connectivity index (χ4v) is 4.09. The average molecular weight is 300 g/mol. The van der Waals surface area contributed by atoms with Crippen LogP contribution in [0.4, 0.5) is 0 Å². The zero-order chi connectivity index (χ0) is 15.4. The van der Waals surface area contributed by atoms with Gasteiger partial charge in [0.15, 0.2) is 0 Å². The molecule has 1 amide bonds. The minimum absolute atomic E-state index is 0.182. The molecule has 1 aromatic rings. The summed E-state index contributed by atoms with van der Waals surface area (Å²) in [5.74, 6) is 0.562. The lowest BCUT2D eigenvalue weighted by molar-refractivity contribution is -0.137. The number of rotatable bonds is 4. The summed E-state index contributed by atoms with van der Waals surface area (Å²) in [5, 5.41) is 0. The van der Waals surface area contributed by atoms with Gasteiger partial charge in [-0.3, -0.25) is 4.79 Å². The van der Waals surface area contributed by atoms with E-state index in [1.165, 1.54) is 5.56 Å². The van der Waals surface area contributed by atoms with E-state index >= 15 is 0 Å². The average Bonchev–Trinajstić information content (AvgIpc) is 3.01. The molecule has 1 heterocycles. The van der Waals surface area contributed by atoms with Gasteiger partial charge in [0.25, 0.3) is 0 Å². The van der Waals surface area contributed by atoms with Crippen molar-refractivity contribution in [3.05, 3.63) is 35.9 Å². The smallest absolute Gasteiger partial charge is 0.225 e. The summed E-state index contributed by atoms with van der Waals surface area (Å²) in [5.41, 5.74) is 7.44. The molecule has 2 aliphatic rings. The maximum absolute atomic E-state index is 12.8. The van der Waals surface area contributed by atoms with Crippen LogP contribution in [-0.4, -0.2) is 29.4 Å². The zero-order valence-electron chi connectivity index (χ0n) is 13.4. The SMILES string of the molecule is N[C@@H]1CCC[C@@H](C(=O)N2CCC[C@@H]2CCc2ccccc2)C1. The van der Waals surface area contributed by atoms with Gasteiger partial charge in [-0.1, -0.05) is 36.8 Å². The highest BCUT2D eigenvalue weighted by Crippen LogP contribution is 2.29.